The summed E-state index contributed by atoms with van der Waals surface area (Å²) in [5.74, 6) is -2.92. The number of phenolic OH excluding ortho intramolecular Hbond substituents is 1. The standard InChI is InChI=1S/C24H26Cl2N2O5.C2HF3O2/c25-16-1-2-22-15(7-16)11-24(33-22)3-5-27(6-4-24)19-12-28(13-21(19)30)18-10-20(29)17(26)8-14(18)9-23(31)32;3-2(4,5)1(6)7/h1-2,7-8,10,19,21,29-30H,3-6,9,11-13H2,(H,31,32);(H,6,7)/t19?,21-;/m1./s1. The van der Waals surface area contributed by atoms with E-state index < -0.39 is 24.2 Å². The molecule has 2 aromatic carbocycles. The second kappa shape index (κ2) is 11.5. The van der Waals surface area contributed by atoms with Gasteiger partial charge in [-0.2, -0.15) is 13.2 Å². The number of halogens is 5. The number of rotatable bonds is 4. The van der Waals surface area contributed by atoms with Gasteiger partial charge in [0.15, 0.2) is 0 Å². The fraction of sp³-hybridized carbons (Fsp3) is 0.462. The topological polar surface area (TPSA) is 131 Å². The molecular formula is C26H27Cl2F3N2O7. The van der Waals surface area contributed by atoms with Crippen molar-refractivity contribution in [2.45, 2.75) is 49.6 Å². The molecule has 2 fully saturated rings. The Morgan fingerprint density at radius 2 is 1.73 bits per heavy atom. The quantitative estimate of drug-likeness (QED) is 0.408. The van der Waals surface area contributed by atoms with Crippen LogP contribution in [0.5, 0.6) is 11.5 Å². The highest BCUT2D eigenvalue weighted by Crippen LogP contribution is 2.43. The van der Waals surface area contributed by atoms with E-state index in [2.05, 4.69) is 4.90 Å². The van der Waals surface area contributed by atoms with Crippen molar-refractivity contribution in [3.63, 3.8) is 0 Å². The number of alkyl halides is 3. The third kappa shape index (κ3) is 6.68. The van der Waals surface area contributed by atoms with Crippen LogP contribution in [0.15, 0.2) is 30.3 Å². The Balaban J connectivity index is 0.000000470. The van der Waals surface area contributed by atoms with Gasteiger partial charge in [0.2, 0.25) is 0 Å². The fourth-order valence-corrected chi connectivity index (χ4v) is 5.84. The summed E-state index contributed by atoms with van der Waals surface area (Å²) in [6, 6.07) is 8.67. The normalized spacial score (nSPS) is 21.9. The summed E-state index contributed by atoms with van der Waals surface area (Å²) < 4.78 is 38.1. The van der Waals surface area contributed by atoms with Crippen molar-refractivity contribution in [3.8, 4) is 11.5 Å². The van der Waals surface area contributed by atoms with Crippen molar-refractivity contribution < 1.29 is 47.9 Å². The van der Waals surface area contributed by atoms with E-state index in [4.69, 9.17) is 37.8 Å². The molecule has 40 heavy (non-hydrogen) atoms. The Morgan fingerprint density at radius 3 is 2.33 bits per heavy atom. The molecule has 0 amide bonds. The summed E-state index contributed by atoms with van der Waals surface area (Å²) in [5, 5.41) is 38.2. The van der Waals surface area contributed by atoms with E-state index >= 15 is 0 Å². The number of anilines is 1. The molecule has 1 unspecified atom stereocenters. The van der Waals surface area contributed by atoms with Gasteiger partial charge in [0.1, 0.15) is 17.1 Å². The number of piperidine rings is 1. The lowest BCUT2D eigenvalue weighted by Crippen LogP contribution is -2.53. The Morgan fingerprint density at radius 1 is 1.07 bits per heavy atom. The molecule has 0 saturated carbocycles. The molecule has 14 heteroatoms. The number of benzene rings is 2. The summed E-state index contributed by atoms with van der Waals surface area (Å²) in [6.07, 6.45) is -3.32. The first-order valence-electron chi connectivity index (χ1n) is 12.4. The minimum absolute atomic E-state index is 0.0870. The Hall–Kier alpha value is -2.93. The number of aliphatic carboxylic acids is 2. The number of carboxylic acids is 2. The maximum absolute atomic E-state index is 11.3. The van der Waals surface area contributed by atoms with Crippen molar-refractivity contribution in [3.05, 3.63) is 51.5 Å². The third-order valence-corrected chi connectivity index (χ3v) is 7.91. The molecule has 3 aliphatic heterocycles. The zero-order valence-corrected chi connectivity index (χ0v) is 22.5. The number of hydrogen-bond acceptors (Lipinski definition) is 7. The first-order valence-corrected chi connectivity index (χ1v) is 13.1. The van der Waals surface area contributed by atoms with Crippen LogP contribution in [-0.2, 0) is 22.4 Å². The molecule has 0 aromatic heterocycles. The van der Waals surface area contributed by atoms with Crippen LogP contribution >= 0.6 is 23.2 Å². The number of β-amino-alcohol motifs (C(OH)–C–C–N with tert-alkyl or cyclic N) is 1. The third-order valence-electron chi connectivity index (χ3n) is 7.37. The monoisotopic (exact) mass is 606 g/mol. The number of hydrogen-bond donors (Lipinski definition) is 4. The van der Waals surface area contributed by atoms with Gasteiger partial charge in [0.05, 0.1) is 23.6 Å². The highest BCUT2D eigenvalue weighted by molar-refractivity contribution is 6.32. The van der Waals surface area contributed by atoms with Crippen LogP contribution in [0.3, 0.4) is 0 Å². The summed E-state index contributed by atoms with van der Waals surface area (Å²) in [7, 11) is 0. The highest BCUT2D eigenvalue weighted by atomic mass is 35.5. The number of carbonyl (C=O) groups is 2. The van der Waals surface area contributed by atoms with E-state index in [0.29, 0.717) is 24.3 Å². The van der Waals surface area contributed by atoms with Crippen LogP contribution < -0.4 is 9.64 Å². The second-order valence-electron chi connectivity index (χ2n) is 10.1. The van der Waals surface area contributed by atoms with Crippen LogP contribution in [0.1, 0.15) is 24.0 Å². The minimum atomic E-state index is -5.08. The predicted molar refractivity (Wildman–Crippen MR) is 139 cm³/mol. The summed E-state index contributed by atoms with van der Waals surface area (Å²) in [4.78, 5) is 24.5. The van der Waals surface area contributed by atoms with Gasteiger partial charge in [0, 0.05) is 62.2 Å². The number of nitrogens with zero attached hydrogens (tertiary/aromatic N) is 2. The molecule has 5 rings (SSSR count). The van der Waals surface area contributed by atoms with Gasteiger partial charge in [0.25, 0.3) is 0 Å². The SMILES string of the molecule is O=C(O)C(F)(F)F.O=C(O)Cc1cc(Cl)c(O)cc1N1CC(N2CCC3(CC2)Cc2cc(Cl)ccc2O3)[C@H](O)C1. The number of ether oxygens (including phenoxy) is 1. The number of fused-ring (bicyclic) bond motifs is 1. The average molecular weight is 607 g/mol. The van der Waals surface area contributed by atoms with Crippen LogP contribution in [-0.4, -0.2) is 87.4 Å². The Labute approximate surface area is 237 Å². The van der Waals surface area contributed by atoms with E-state index in [-0.39, 0.29) is 28.8 Å². The second-order valence-corrected chi connectivity index (χ2v) is 10.9. The van der Waals surface area contributed by atoms with Crippen LogP contribution in [0.25, 0.3) is 0 Å². The molecule has 0 radical (unpaired) electrons. The Kier molecular flexibility index (Phi) is 8.65. The number of aliphatic hydroxyl groups is 1. The molecule has 4 N–H and O–H groups in total. The van der Waals surface area contributed by atoms with Gasteiger partial charge in [-0.25, -0.2) is 4.79 Å². The predicted octanol–water partition coefficient (Wildman–Crippen LogP) is 3.98. The molecule has 0 aliphatic carbocycles. The van der Waals surface area contributed by atoms with Crippen molar-refractivity contribution in [1.29, 1.82) is 0 Å². The lowest BCUT2D eigenvalue weighted by atomic mass is 9.86. The number of aromatic hydroxyl groups is 1. The van der Waals surface area contributed by atoms with Crippen LogP contribution in [0.4, 0.5) is 18.9 Å². The average Bonchev–Trinajstić information content (AvgIpc) is 3.41. The van der Waals surface area contributed by atoms with Crippen molar-refractivity contribution >= 4 is 40.8 Å². The van der Waals surface area contributed by atoms with E-state index in [1.165, 1.54) is 12.1 Å². The highest BCUT2D eigenvalue weighted by Gasteiger charge is 2.45. The maximum Gasteiger partial charge on any atom is 0.490 e. The first-order chi connectivity index (χ1) is 18.7. The summed E-state index contributed by atoms with van der Waals surface area (Å²) in [5.41, 5.74) is 2.05. The van der Waals surface area contributed by atoms with Gasteiger partial charge in [-0.05, 0) is 35.4 Å². The number of phenols is 1. The Bertz CT molecular complexity index is 1290. The van der Waals surface area contributed by atoms with Crippen molar-refractivity contribution in [1.82, 2.24) is 4.90 Å². The molecule has 9 nitrogen and oxygen atoms in total. The van der Waals surface area contributed by atoms with Crippen molar-refractivity contribution in [2.24, 2.45) is 0 Å². The van der Waals surface area contributed by atoms with Crippen LogP contribution in [0.2, 0.25) is 10.0 Å². The molecule has 2 atom stereocenters. The molecule has 2 aromatic rings. The number of aliphatic hydroxyl groups excluding tert-OH is 1. The molecule has 3 aliphatic rings. The summed E-state index contributed by atoms with van der Waals surface area (Å²) in [6.45, 7) is 2.50. The molecule has 218 valence electrons. The minimum Gasteiger partial charge on any atom is -0.506 e. The maximum atomic E-state index is 11.3. The lowest BCUT2D eigenvalue weighted by molar-refractivity contribution is -0.192. The van der Waals surface area contributed by atoms with E-state index in [0.717, 1.165) is 48.7 Å². The van der Waals surface area contributed by atoms with Gasteiger partial charge < -0.3 is 30.1 Å². The molecular weight excluding hydrogens is 580 g/mol. The molecule has 2 saturated heterocycles. The number of carboxylic acid groups (broad SMARTS) is 2. The van der Waals surface area contributed by atoms with Crippen molar-refractivity contribution in [2.75, 3.05) is 31.1 Å². The van der Waals surface area contributed by atoms with Gasteiger partial charge >= 0.3 is 18.1 Å². The van der Waals surface area contributed by atoms with Gasteiger partial charge in [-0.1, -0.05) is 23.2 Å². The molecule has 0 bridgehead atoms. The smallest absolute Gasteiger partial charge is 0.490 e. The zero-order chi connectivity index (χ0) is 29.4. The van der Waals surface area contributed by atoms with E-state index in [1.807, 2.05) is 23.1 Å². The van der Waals surface area contributed by atoms with Gasteiger partial charge in [-0.3, -0.25) is 9.69 Å². The van der Waals surface area contributed by atoms with Gasteiger partial charge in [-0.15, -0.1) is 0 Å². The summed E-state index contributed by atoms with van der Waals surface area (Å²) >= 11 is 12.2. The first kappa shape index (κ1) is 30.0. The largest absolute Gasteiger partial charge is 0.506 e. The van der Waals surface area contributed by atoms with E-state index in [1.54, 1.807) is 0 Å². The molecule has 1 spiro atoms. The fourth-order valence-electron chi connectivity index (χ4n) is 5.46. The zero-order valence-electron chi connectivity index (χ0n) is 21.0. The van der Waals surface area contributed by atoms with Crippen LogP contribution in [0, 0.1) is 0 Å². The van der Waals surface area contributed by atoms with E-state index in [9.17, 15) is 33.3 Å². The lowest BCUT2D eigenvalue weighted by Gasteiger charge is -2.41. The molecule has 3 heterocycles. The number of likely N-dealkylation sites (tertiary alicyclic amines) is 1.